The summed E-state index contributed by atoms with van der Waals surface area (Å²) in [5.41, 5.74) is 2.15. The maximum Gasteiger partial charge on any atom is 0.315 e. The fourth-order valence-corrected chi connectivity index (χ4v) is 2.38. The van der Waals surface area contributed by atoms with Crippen LogP contribution in [0.5, 0.6) is 11.5 Å². The van der Waals surface area contributed by atoms with Crippen LogP contribution in [0.3, 0.4) is 0 Å². The number of carbonyl (C=O) groups excluding carboxylic acids is 1. The Morgan fingerprint density at radius 2 is 1.71 bits per heavy atom. The Hall–Kier alpha value is -2.69. The molecule has 1 unspecified atom stereocenters. The molecule has 0 saturated heterocycles. The molecule has 24 heavy (non-hydrogen) atoms. The molecule has 0 aliphatic heterocycles. The van der Waals surface area contributed by atoms with Crippen molar-refractivity contribution in [1.82, 2.24) is 10.6 Å². The number of rotatable bonds is 7. The average Bonchev–Trinajstić information content (AvgIpc) is 2.64. The van der Waals surface area contributed by atoms with Crippen LogP contribution in [0.25, 0.3) is 0 Å². The molecule has 0 bridgehead atoms. The van der Waals surface area contributed by atoms with Gasteiger partial charge >= 0.3 is 6.03 Å². The number of amides is 2. The van der Waals surface area contributed by atoms with E-state index in [2.05, 4.69) is 29.7 Å². The molecule has 0 heterocycles. The summed E-state index contributed by atoms with van der Waals surface area (Å²) < 4.78 is 10.5. The van der Waals surface area contributed by atoms with Crippen molar-refractivity contribution in [1.29, 1.82) is 0 Å². The Kier molecular flexibility index (Phi) is 6.49. The van der Waals surface area contributed by atoms with Crippen LogP contribution in [0, 0.1) is 0 Å². The van der Waals surface area contributed by atoms with Gasteiger partial charge in [0.2, 0.25) is 0 Å². The van der Waals surface area contributed by atoms with E-state index >= 15 is 0 Å². The van der Waals surface area contributed by atoms with E-state index in [1.54, 1.807) is 14.2 Å². The van der Waals surface area contributed by atoms with Crippen LogP contribution in [-0.4, -0.2) is 26.8 Å². The van der Waals surface area contributed by atoms with Crippen LogP contribution in [0.15, 0.2) is 48.5 Å². The minimum atomic E-state index is -0.187. The van der Waals surface area contributed by atoms with Gasteiger partial charge in [-0.2, -0.15) is 0 Å². The Morgan fingerprint density at radius 3 is 2.38 bits per heavy atom. The number of carbonyl (C=O) groups is 1. The predicted molar refractivity (Wildman–Crippen MR) is 94.6 cm³/mol. The van der Waals surface area contributed by atoms with Crippen LogP contribution in [-0.2, 0) is 6.54 Å². The van der Waals surface area contributed by atoms with Gasteiger partial charge in [0.1, 0.15) is 0 Å². The molecule has 2 aromatic rings. The summed E-state index contributed by atoms with van der Waals surface area (Å²) >= 11 is 0. The van der Waals surface area contributed by atoms with Gasteiger partial charge in [-0.15, -0.1) is 0 Å². The van der Waals surface area contributed by atoms with Crippen LogP contribution in [0.4, 0.5) is 4.79 Å². The lowest BCUT2D eigenvalue weighted by atomic mass is 10.0. The number of ether oxygens (including phenoxy) is 2. The highest BCUT2D eigenvalue weighted by molar-refractivity contribution is 5.73. The van der Waals surface area contributed by atoms with E-state index in [1.807, 2.05) is 36.4 Å². The Balaban J connectivity index is 1.81. The van der Waals surface area contributed by atoms with Gasteiger partial charge in [0.15, 0.2) is 11.5 Å². The number of methoxy groups -OCH3 is 2. The molecule has 0 saturated carbocycles. The topological polar surface area (TPSA) is 59.6 Å². The third-order valence-electron chi connectivity index (χ3n) is 3.84. The maximum atomic E-state index is 12.0. The largest absolute Gasteiger partial charge is 0.493 e. The molecule has 0 spiro atoms. The quantitative estimate of drug-likeness (QED) is 0.820. The molecule has 0 radical (unpaired) electrons. The van der Waals surface area contributed by atoms with Gasteiger partial charge in [-0.3, -0.25) is 0 Å². The lowest BCUT2D eigenvalue weighted by Gasteiger charge is -2.14. The summed E-state index contributed by atoms with van der Waals surface area (Å²) in [4.78, 5) is 12.0. The Bertz CT molecular complexity index is 659. The van der Waals surface area contributed by atoms with Gasteiger partial charge < -0.3 is 20.1 Å². The van der Waals surface area contributed by atoms with Crippen LogP contribution in [0.1, 0.15) is 24.0 Å². The molecule has 2 aromatic carbocycles. The fourth-order valence-electron chi connectivity index (χ4n) is 2.38. The minimum absolute atomic E-state index is 0.187. The van der Waals surface area contributed by atoms with Crippen molar-refractivity contribution in [3.8, 4) is 11.5 Å². The molecule has 2 rings (SSSR count). The third kappa shape index (κ3) is 4.91. The van der Waals surface area contributed by atoms with Crippen molar-refractivity contribution in [2.75, 3.05) is 20.8 Å². The molecule has 0 aromatic heterocycles. The summed E-state index contributed by atoms with van der Waals surface area (Å²) in [7, 11) is 3.18. The number of nitrogens with one attached hydrogen (secondary N) is 2. The first-order valence-electron chi connectivity index (χ1n) is 7.91. The Morgan fingerprint density at radius 1 is 1.00 bits per heavy atom. The first kappa shape index (κ1) is 17.7. The molecular weight excluding hydrogens is 304 g/mol. The maximum absolute atomic E-state index is 12.0. The van der Waals surface area contributed by atoms with Crippen LogP contribution in [0.2, 0.25) is 0 Å². The summed E-state index contributed by atoms with van der Waals surface area (Å²) in [5, 5.41) is 5.74. The highest BCUT2D eigenvalue weighted by atomic mass is 16.5. The van der Waals surface area contributed by atoms with Crippen molar-refractivity contribution in [2.45, 2.75) is 19.4 Å². The molecule has 1 atom stereocenters. The van der Waals surface area contributed by atoms with Gasteiger partial charge in [-0.25, -0.2) is 4.79 Å². The molecule has 2 amide bonds. The van der Waals surface area contributed by atoms with E-state index in [0.717, 1.165) is 5.56 Å². The molecule has 5 heteroatoms. The van der Waals surface area contributed by atoms with Gasteiger partial charge in [0.05, 0.1) is 14.2 Å². The number of benzene rings is 2. The molecule has 0 fully saturated rings. The third-order valence-corrected chi connectivity index (χ3v) is 3.84. The fraction of sp³-hybridized carbons (Fsp3) is 0.316. The van der Waals surface area contributed by atoms with E-state index in [0.29, 0.717) is 24.6 Å². The second-order valence-corrected chi connectivity index (χ2v) is 5.56. The van der Waals surface area contributed by atoms with Gasteiger partial charge in [-0.1, -0.05) is 43.3 Å². The lowest BCUT2D eigenvalue weighted by Crippen LogP contribution is -2.37. The summed E-state index contributed by atoms with van der Waals surface area (Å²) in [5.74, 6) is 1.58. The summed E-state index contributed by atoms with van der Waals surface area (Å²) in [6.45, 7) is 3.09. The second-order valence-electron chi connectivity index (χ2n) is 5.56. The minimum Gasteiger partial charge on any atom is -0.493 e. The highest BCUT2D eigenvalue weighted by Gasteiger charge is 2.08. The predicted octanol–water partition coefficient (Wildman–Crippen LogP) is 3.31. The second kappa shape index (κ2) is 8.82. The zero-order chi connectivity index (χ0) is 17.4. The molecule has 0 aliphatic rings. The molecule has 128 valence electrons. The highest BCUT2D eigenvalue weighted by Crippen LogP contribution is 2.27. The zero-order valence-electron chi connectivity index (χ0n) is 14.3. The summed E-state index contributed by atoms with van der Waals surface area (Å²) in [6, 6.07) is 15.5. The van der Waals surface area contributed by atoms with Gasteiger partial charge in [0, 0.05) is 13.1 Å². The smallest absolute Gasteiger partial charge is 0.315 e. The van der Waals surface area contributed by atoms with E-state index in [1.165, 1.54) is 5.56 Å². The molecule has 5 nitrogen and oxygen atoms in total. The van der Waals surface area contributed by atoms with Crippen molar-refractivity contribution in [3.05, 3.63) is 59.7 Å². The number of urea groups is 1. The van der Waals surface area contributed by atoms with Crippen molar-refractivity contribution in [2.24, 2.45) is 0 Å². The zero-order valence-corrected chi connectivity index (χ0v) is 14.3. The van der Waals surface area contributed by atoms with Crippen LogP contribution < -0.4 is 20.1 Å². The van der Waals surface area contributed by atoms with Crippen molar-refractivity contribution < 1.29 is 14.3 Å². The monoisotopic (exact) mass is 328 g/mol. The average molecular weight is 328 g/mol. The van der Waals surface area contributed by atoms with Gasteiger partial charge in [-0.05, 0) is 29.2 Å². The van der Waals surface area contributed by atoms with E-state index in [4.69, 9.17) is 9.47 Å². The molecule has 2 N–H and O–H groups in total. The van der Waals surface area contributed by atoms with E-state index in [9.17, 15) is 4.79 Å². The van der Waals surface area contributed by atoms with Crippen molar-refractivity contribution >= 4 is 6.03 Å². The van der Waals surface area contributed by atoms with Crippen LogP contribution >= 0.6 is 0 Å². The number of hydrogen-bond acceptors (Lipinski definition) is 3. The van der Waals surface area contributed by atoms with Crippen molar-refractivity contribution in [3.63, 3.8) is 0 Å². The SMILES string of the molecule is COc1ccc(CNC(=O)NCC(C)c2ccccc2)cc1OC. The first-order chi connectivity index (χ1) is 11.6. The molecular formula is C19H24N2O3. The normalized spacial score (nSPS) is 11.5. The molecule has 0 aliphatic carbocycles. The van der Waals surface area contributed by atoms with E-state index < -0.39 is 0 Å². The first-order valence-corrected chi connectivity index (χ1v) is 7.91. The van der Waals surface area contributed by atoms with E-state index in [-0.39, 0.29) is 11.9 Å². The lowest BCUT2D eigenvalue weighted by molar-refractivity contribution is 0.240. The Labute approximate surface area is 143 Å². The standard InChI is InChI=1S/C19H24N2O3/c1-14(16-7-5-4-6-8-16)12-20-19(22)21-13-15-9-10-17(23-2)18(11-15)24-3/h4-11,14H,12-13H2,1-3H3,(H2,20,21,22). The van der Waals surface area contributed by atoms with Gasteiger partial charge in [0.25, 0.3) is 0 Å². The number of hydrogen-bond donors (Lipinski definition) is 2. The summed E-state index contributed by atoms with van der Waals surface area (Å²) in [6.07, 6.45) is 0.